The Bertz CT molecular complexity index is 967. The number of esters is 1. The van der Waals surface area contributed by atoms with Gasteiger partial charge in [0.05, 0.1) is 18.1 Å². The molecule has 0 unspecified atom stereocenters. The summed E-state index contributed by atoms with van der Waals surface area (Å²) in [5.74, 6) is 0.0771. The van der Waals surface area contributed by atoms with E-state index in [2.05, 4.69) is 0 Å². The van der Waals surface area contributed by atoms with E-state index in [1.165, 1.54) is 10.4 Å². The summed E-state index contributed by atoms with van der Waals surface area (Å²) in [5.41, 5.74) is 2.82. The van der Waals surface area contributed by atoms with Gasteiger partial charge in [0.2, 0.25) is 10.0 Å². The normalized spacial score (nSPS) is 15.1. The summed E-state index contributed by atoms with van der Waals surface area (Å²) in [7, 11) is -3.59. The van der Waals surface area contributed by atoms with E-state index in [9.17, 15) is 13.2 Å². The van der Waals surface area contributed by atoms with Gasteiger partial charge < -0.3 is 14.2 Å². The van der Waals surface area contributed by atoms with Crippen LogP contribution < -0.4 is 4.74 Å². The Morgan fingerprint density at radius 3 is 2.55 bits per heavy atom. The molecule has 0 atom stereocenters. The predicted octanol–water partition coefficient (Wildman–Crippen LogP) is 2.45. The highest BCUT2D eigenvalue weighted by Gasteiger charge is 2.26. The third-order valence-corrected chi connectivity index (χ3v) is 6.64. The molecule has 1 saturated heterocycles. The highest BCUT2D eigenvalue weighted by molar-refractivity contribution is 7.89. The minimum absolute atomic E-state index is 0.0262. The number of nitrogens with zero attached hydrogens (tertiary/aromatic N) is 1. The minimum Gasteiger partial charge on any atom is -0.482 e. The molecule has 29 heavy (non-hydrogen) atoms. The lowest BCUT2D eigenvalue weighted by Gasteiger charge is -2.26. The van der Waals surface area contributed by atoms with Crippen molar-refractivity contribution in [2.24, 2.45) is 0 Å². The average molecular weight is 419 g/mol. The van der Waals surface area contributed by atoms with Crippen LogP contribution in [0.5, 0.6) is 5.75 Å². The molecule has 1 aliphatic rings. The zero-order valence-electron chi connectivity index (χ0n) is 16.6. The van der Waals surface area contributed by atoms with Gasteiger partial charge >= 0.3 is 5.97 Å². The first-order chi connectivity index (χ1) is 13.9. The second-order valence-electron chi connectivity index (χ2n) is 6.86. The van der Waals surface area contributed by atoms with Gasteiger partial charge in [-0.05, 0) is 54.8 Å². The quantitative estimate of drug-likeness (QED) is 0.641. The Morgan fingerprint density at radius 2 is 1.83 bits per heavy atom. The van der Waals surface area contributed by atoms with Crippen molar-refractivity contribution in [1.82, 2.24) is 4.31 Å². The van der Waals surface area contributed by atoms with Gasteiger partial charge in [-0.15, -0.1) is 0 Å². The number of aryl methyl sites for hydroxylation is 2. The molecule has 2 aromatic carbocycles. The van der Waals surface area contributed by atoms with Crippen LogP contribution in [-0.2, 0) is 30.9 Å². The van der Waals surface area contributed by atoms with Gasteiger partial charge in [-0.1, -0.05) is 18.2 Å². The van der Waals surface area contributed by atoms with E-state index in [0.717, 1.165) is 11.1 Å². The van der Waals surface area contributed by atoms with E-state index >= 15 is 0 Å². The standard InChI is InChI=1S/C21H25NO6S/c1-16-6-7-19(12-17(16)2)27-15-21(23)28-14-18-4-3-5-20(13-18)29(24,25)22-8-10-26-11-9-22/h3-7,12-13H,8-11,14-15H2,1-2H3. The third kappa shape index (κ3) is 5.56. The number of hydrogen-bond donors (Lipinski definition) is 0. The molecule has 1 heterocycles. The summed E-state index contributed by atoms with van der Waals surface area (Å²) in [6, 6.07) is 12.0. The Morgan fingerprint density at radius 1 is 1.07 bits per heavy atom. The van der Waals surface area contributed by atoms with E-state index in [4.69, 9.17) is 14.2 Å². The lowest BCUT2D eigenvalue weighted by atomic mass is 10.1. The summed E-state index contributed by atoms with van der Waals surface area (Å²) >= 11 is 0. The van der Waals surface area contributed by atoms with Gasteiger partial charge in [-0.2, -0.15) is 4.31 Å². The topological polar surface area (TPSA) is 82.1 Å². The van der Waals surface area contributed by atoms with E-state index in [1.807, 2.05) is 26.0 Å². The SMILES string of the molecule is Cc1ccc(OCC(=O)OCc2cccc(S(=O)(=O)N3CCOCC3)c2)cc1C. The van der Waals surface area contributed by atoms with Crippen molar-refractivity contribution in [2.45, 2.75) is 25.3 Å². The highest BCUT2D eigenvalue weighted by Crippen LogP contribution is 2.19. The summed E-state index contributed by atoms with van der Waals surface area (Å²) in [4.78, 5) is 12.2. The van der Waals surface area contributed by atoms with Gasteiger partial charge in [0, 0.05) is 13.1 Å². The van der Waals surface area contributed by atoms with Crippen molar-refractivity contribution in [3.05, 3.63) is 59.2 Å². The van der Waals surface area contributed by atoms with Gasteiger partial charge in [-0.25, -0.2) is 13.2 Å². The van der Waals surface area contributed by atoms with Crippen molar-refractivity contribution < 1.29 is 27.4 Å². The molecule has 0 saturated carbocycles. The first-order valence-electron chi connectivity index (χ1n) is 9.39. The Labute approximate surface area is 171 Å². The molecule has 156 valence electrons. The van der Waals surface area contributed by atoms with Crippen LogP contribution >= 0.6 is 0 Å². The van der Waals surface area contributed by atoms with Crippen molar-refractivity contribution in [3.8, 4) is 5.75 Å². The first kappa shape index (κ1) is 21.3. The third-order valence-electron chi connectivity index (χ3n) is 4.74. The fraction of sp³-hybridized carbons (Fsp3) is 0.381. The van der Waals surface area contributed by atoms with E-state index in [1.54, 1.807) is 24.3 Å². The van der Waals surface area contributed by atoms with E-state index < -0.39 is 16.0 Å². The lowest BCUT2D eigenvalue weighted by Crippen LogP contribution is -2.40. The molecule has 2 aromatic rings. The Hall–Kier alpha value is -2.42. The molecular formula is C21H25NO6S. The molecule has 3 rings (SSSR count). The van der Waals surface area contributed by atoms with Crippen LogP contribution in [0.3, 0.4) is 0 Å². The number of hydrogen-bond acceptors (Lipinski definition) is 6. The summed E-state index contributed by atoms with van der Waals surface area (Å²) in [6.45, 7) is 5.16. The molecule has 0 aliphatic carbocycles. The van der Waals surface area contributed by atoms with Gasteiger partial charge in [-0.3, -0.25) is 0 Å². The number of rotatable bonds is 7. The number of benzene rings is 2. The minimum atomic E-state index is -3.59. The molecule has 0 N–H and O–H groups in total. The van der Waals surface area contributed by atoms with Crippen LogP contribution in [0, 0.1) is 13.8 Å². The smallest absolute Gasteiger partial charge is 0.344 e. The van der Waals surface area contributed by atoms with Crippen molar-refractivity contribution in [3.63, 3.8) is 0 Å². The van der Waals surface area contributed by atoms with Gasteiger partial charge in [0.1, 0.15) is 12.4 Å². The number of ether oxygens (including phenoxy) is 3. The average Bonchev–Trinajstić information content (AvgIpc) is 2.74. The zero-order chi connectivity index (χ0) is 20.9. The van der Waals surface area contributed by atoms with Crippen LogP contribution in [0.1, 0.15) is 16.7 Å². The van der Waals surface area contributed by atoms with E-state index in [0.29, 0.717) is 37.6 Å². The van der Waals surface area contributed by atoms with Crippen LogP contribution in [-0.4, -0.2) is 51.6 Å². The molecule has 0 aromatic heterocycles. The summed E-state index contributed by atoms with van der Waals surface area (Å²) in [5, 5.41) is 0. The van der Waals surface area contributed by atoms with Crippen LogP contribution in [0.25, 0.3) is 0 Å². The fourth-order valence-corrected chi connectivity index (χ4v) is 4.36. The molecule has 0 bridgehead atoms. The second kappa shape index (κ2) is 9.39. The van der Waals surface area contributed by atoms with Crippen LogP contribution in [0.15, 0.2) is 47.4 Å². The first-order valence-corrected chi connectivity index (χ1v) is 10.8. The van der Waals surface area contributed by atoms with Crippen molar-refractivity contribution >= 4 is 16.0 Å². The summed E-state index contributed by atoms with van der Waals surface area (Å²) < 4.78 is 42.8. The van der Waals surface area contributed by atoms with E-state index in [-0.39, 0.29) is 18.1 Å². The number of morpholine rings is 1. The molecule has 7 nitrogen and oxygen atoms in total. The molecule has 0 amide bonds. The second-order valence-corrected chi connectivity index (χ2v) is 8.80. The van der Waals surface area contributed by atoms with Crippen molar-refractivity contribution in [1.29, 1.82) is 0 Å². The van der Waals surface area contributed by atoms with Gasteiger partial charge in [0.25, 0.3) is 0 Å². The van der Waals surface area contributed by atoms with Crippen LogP contribution in [0.4, 0.5) is 0 Å². The predicted molar refractivity (Wildman–Crippen MR) is 107 cm³/mol. The van der Waals surface area contributed by atoms with Crippen molar-refractivity contribution in [2.75, 3.05) is 32.9 Å². The molecule has 1 fully saturated rings. The molecule has 0 spiro atoms. The molecule has 1 aliphatic heterocycles. The molecule has 8 heteroatoms. The Balaban J connectivity index is 1.56. The van der Waals surface area contributed by atoms with Gasteiger partial charge in [0.15, 0.2) is 6.61 Å². The number of sulfonamides is 1. The van der Waals surface area contributed by atoms with Crippen LogP contribution in [0.2, 0.25) is 0 Å². The maximum atomic E-state index is 12.7. The summed E-state index contributed by atoms with van der Waals surface area (Å²) in [6.07, 6.45) is 0. The Kier molecular flexibility index (Phi) is 6.89. The molecule has 0 radical (unpaired) electrons. The molecular weight excluding hydrogens is 394 g/mol. The zero-order valence-corrected chi connectivity index (χ0v) is 17.4. The largest absolute Gasteiger partial charge is 0.482 e. The fourth-order valence-electron chi connectivity index (χ4n) is 2.88. The maximum absolute atomic E-state index is 12.7. The lowest BCUT2D eigenvalue weighted by molar-refractivity contribution is -0.147. The monoisotopic (exact) mass is 419 g/mol. The number of carbonyl (C=O) groups is 1. The number of carbonyl (C=O) groups excluding carboxylic acids is 1. The maximum Gasteiger partial charge on any atom is 0.344 e. The highest BCUT2D eigenvalue weighted by atomic mass is 32.2.